The van der Waals surface area contributed by atoms with Gasteiger partial charge >= 0.3 is 0 Å². The first-order chi connectivity index (χ1) is 14.0. The monoisotopic (exact) mass is 395 g/mol. The number of carbonyl (C=O) groups is 2. The Morgan fingerprint density at radius 1 is 1.07 bits per heavy atom. The molecule has 5 aliphatic rings. The molecule has 29 heavy (non-hydrogen) atoms. The highest BCUT2D eigenvalue weighted by Gasteiger charge is 2.60. The molecule has 5 heteroatoms. The Kier molecular flexibility index (Phi) is 4.60. The van der Waals surface area contributed by atoms with Crippen molar-refractivity contribution in [3.8, 4) is 0 Å². The molecule has 4 atom stereocenters. The topological polar surface area (TPSA) is 70.2 Å². The average molecular weight is 396 g/mol. The van der Waals surface area contributed by atoms with Gasteiger partial charge in [-0.1, -0.05) is 44.7 Å². The molecular weight excluding hydrogens is 362 g/mol. The molecule has 2 amide bonds. The first-order valence-electron chi connectivity index (χ1n) is 11.5. The Labute approximate surface area is 173 Å². The van der Waals surface area contributed by atoms with Gasteiger partial charge in [0, 0.05) is 23.6 Å². The fourth-order valence-corrected chi connectivity index (χ4v) is 6.58. The van der Waals surface area contributed by atoms with Crippen molar-refractivity contribution in [1.82, 2.24) is 10.6 Å². The van der Waals surface area contributed by atoms with E-state index in [0.29, 0.717) is 11.6 Å². The summed E-state index contributed by atoms with van der Waals surface area (Å²) in [5.41, 5.74) is 1.13. The molecule has 1 spiro atoms. The van der Waals surface area contributed by atoms with Gasteiger partial charge < -0.3 is 16.0 Å². The number of fused-ring (bicyclic) bond motifs is 3. The molecule has 1 aromatic carbocycles. The maximum absolute atomic E-state index is 13.3. The van der Waals surface area contributed by atoms with Crippen molar-refractivity contribution < 1.29 is 9.59 Å². The van der Waals surface area contributed by atoms with Crippen LogP contribution in [0.25, 0.3) is 0 Å². The zero-order valence-electron chi connectivity index (χ0n) is 17.4. The van der Waals surface area contributed by atoms with Gasteiger partial charge in [0.25, 0.3) is 5.91 Å². The van der Waals surface area contributed by atoms with Crippen LogP contribution in [0.1, 0.15) is 81.5 Å². The van der Waals surface area contributed by atoms with Crippen LogP contribution in [0, 0.1) is 17.3 Å². The van der Waals surface area contributed by atoms with E-state index in [1.165, 1.54) is 25.7 Å². The van der Waals surface area contributed by atoms with Crippen molar-refractivity contribution in [2.45, 2.75) is 82.8 Å². The van der Waals surface area contributed by atoms with E-state index in [1.807, 2.05) is 24.3 Å². The summed E-state index contributed by atoms with van der Waals surface area (Å²) in [5, 5.41) is 10.4. The first-order valence-corrected chi connectivity index (χ1v) is 11.5. The Bertz CT molecular complexity index is 816. The fraction of sp³-hybridized carbons (Fsp3) is 0.667. The van der Waals surface area contributed by atoms with Gasteiger partial charge in [-0.05, 0) is 56.1 Å². The van der Waals surface area contributed by atoms with E-state index in [2.05, 4.69) is 22.9 Å². The average Bonchev–Trinajstić information content (AvgIpc) is 2.96. The van der Waals surface area contributed by atoms with Crippen LogP contribution in [0.15, 0.2) is 24.3 Å². The number of amides is 2. The quantitative estimate of drug-likeness (QED) is 0.657. The van der Waals surface area contributed by atoms with E-state index >= 15 is 0 Å². The normalized spacial score (nSPS) is 36.7. The number of rotatable bonds is 2. The van der Waals surface area contributed by atoms with E-state index in [4.69, 9.17) is 0 Å². The molecule has 0 aromatic heterocycles. The van der Waals surface area contributed by atoms with Crippen molar-refractivity contribution in [1.29, 1.82) is 0 Å². The van der Waals surface area contributed by atoms with Crippen molar-refractivity contribution in [2.24, 2.45) is 17.3 Å². The first kappa shape index (κ1) is 19.0. The smallest absolute Gasteiger partial charge is 0.255 e. The number of carbonyl (C=O) groups excluding carboxylic acids is 2. The minimum Gasteiger partial charge on any atom is -0.362 e. The molecule has 0 saturated heterocycles. The van der Waals surface area contributed by atoms with Crippen molar-refractivity contribution >= 4 is 17.5 Å². The Morgan fingerprint density at radius 3 is 2.59 bits per heavy atom. The highest BCUT2D eigenvalue weighted by molar-refractivity contribution is 6.02. The second-order valence-corrected chi connectivity index (χ2v) is 10.1. The van der Waals surface area contributed by atoms with Gasteiger partial charge in [-0.2, -0.15) is 0 Å². The van der Waals surface area contributed by atoms with Crippen molar-refractivity contribution in [3.63, 3.8) is 0 Å². The maximum Gasteiger partial charge on any atom is 0.255 e. The zero-order valence-corrected chi connectivity index (χ0v) is 17.4. The summed E-state index contributed by atoms with van der Waals surface area (Å²) in [5.74, 6) is 0.592. The highest BCUT2D eigenvalue weighted by Crippen LogP contribution is 2.58. The summed E-state index contributed by atoms with van der Waals surface area (Å²) >= 11 is 0. The van der Waals surface area contributed by atoms with E-state index in [9.17, 15) is 9.59 Å². The highest BCUT2D eigenvalue weighted by atomic mass is 16.2. The van der Waals surface area contributed by atoms with Crippen LogP contribution in [0.4, 0.5) is 5.69 Å². The van der Waals surface area contributed by atoms with E-state index in [1.54, 1.807) is 0 Å². The fourth-order valence-electron chi connectivity index (χ4n) is 6.58. The molecule has 3 N–H and O–H groups in total. The van der Waals surface area contributed by atoms with Gasteiger partial charge in [-0.15, -0.1) is 0 Å². The molecule has 1 aliphatic heterocycles. The van der Waals surface area contributed by atoms with Crippen LogP contribution in [0.3, 0.4) is 0 Å². The van der Waals surface area contributed by atoms with Crippen LogP contribution in [0.5, 0.6) is 0 Å². The van der Waals surface area contributed by atoms with E-state index in [0.717, 1.165) is 44.2 Å². The van der Waals surface area contributed by atoms with Crippen LogP contribution in [-0.2, 0) is 4.79 Å². The van der Waals surface area contributed by atoms with Crippen LogP contribution in [-0.4, -0.2) is 23.5 Å². The third kappa shape index (κ3) is 3.23. The van der Waals surface area contributed by atoms with Gasteiger partial charge in [0.15, 0.2) is 0 Å². The largest absolute Gasteiger partial charge is 0.362 e. The van der Waals surface area contributed by atoms with Crippen molar-refractivity contribution in [2.75, 3.05) is 5.32 Å². The second-order valence-electron chi connectivity index (χ2n) is 10.1. The predicted molar refractivity (Wildman–Crippen MR) is 113 cm³/mol. The third-order valence-corrected chi connectivity index (χ3v) is 8.19. The van der Waals surface area contributed by atoms with Gasteiger partial charge in [0.05, 0.1) is 5.56 Å². The molecule has 4 aliphatic carbocycles. The Balaban J connectivity index is 1.35. The van der Waals surface area contributed by atoms with E-state index < -0.39 is 5.66 Å². The molecule has 6 rings (SSSR count). The molecule has 156 valence electrons. The van der Waals surface area contributed by atoms with Gasteiger partial charge in [0.2, 0.25) is 5.91 Å². The lowest BCUT2D eigenvalue weighted by Gasteiger charge is -2.60. The zero-order chi connectivity index (χ0) is 20.1. The molecule has 4 fully saturated rings. The van der Waals surface area contributed by atoms with Crippen LogP contribution in [0.2, 0.25) is 0 Å². The lowest BCUT2D eigenvalue weighted by Crippen LogP contribution is -2.70. The van der Waals surface area contributed by atoms with Crippen LogP contribution >= 0.6 is 0 Å². The minimum atomic E-state index is -0.419. The van der Waals surface area contributed by atoms with Gasteiger partial charge in [-0.25, -0.2) is 0 Å². The predicted octanol–water partition coefficient (Wildman–Crippen LogP) is 4.20. The number of anilines is 1. The lowest BCUT2D eigenvalue weighted by atomic mass is 9.51. The number of nitrogens with one attached hydrogen (secondary N) is 3. The number of para-hydroxylation sites is 1. The minimum absolute atomic E-state index is 0.00922. The molecule has 4 saturated carbocycles. The van der Waals surface area contributed by atoms with Crippen LogP contribution < -0.4 is 16.0 Å². The Morgan fingerprint density at radius 2 is 1.83 bits per heavy atom. The SMILES string of the molecule is C[C@@]12CC[C@H](C[C@@H]1C(=O)NC1CCCCCC1)[C@]1(C2)NC(=O)c2ccccc2N1. The number of hydrogen-bond acceptors (Lipinski definition) is 3. The van der Waals surface area contributed by atoms with Crippen molar-refractivity contribution in [3.05, 3.63) is 29.8 Å². The van der Waals surface area contributed by atoms with E-state index in [-0.39, 0.29) is 29.1 Å². The summed E-state index contributed by atoms with van der Waals surface area (Å²) < 4.78 is 0. The summed E-state index contributed by atoms with van der Waals surface area (Å²) in [6, 6.07) is 8.10. The molecule has 1 aromatic rings. The number of hydrogen-bond donors (Lipinski definition) is 3. The molecule has 2 bridgehead atoms. The lowest BCUT2D eigenvalue weighted by molar-refractivity contribution is -0.140. The summed E-state index contributed by atoms with van der Waals surface area (Å²) in [7, 11) is 0. The molecule has 0 unspecified atom stereocenters. The summed E-state index contributed by atoms with van der Waals surface area (Å²) in [6.07, 6.45) is 11.1. The standard InChI is InChI=1S/C24H33N3O2/c1-23-13-12-16(14-19(23)22(29)25-17-8-4-2-3-5-9-17)24(15-23)26-20-11-7-6-10-18(20)21(28)27-24/h6-7,10-11,16-17,19,26H,2-5,8-9,12-15H2,1H3,(H,25,29)(H,27,28)/t16-,19-,23+,24+/m1/s1. The number of benzene rings is 1. The third-order valence-electron chi connectivity index (χ3n) is 8.19. The summed E-state index contributed by atoms with van der Waals surface area (Å²) in [4.78, 5) is 26.1. The van der Waals surface area contributed by atoms with Gasteiger partial charge in [-0.3, -0.25) is 9.59 Å². The summed E-state index contributed by atoms with van der Waals surface area (Å²) in [6.45, 7) is 2.26. The molecule has 0 radical (unpaired) electrons. The van der Waals surface area contributed by atoms with Gasteiger partial charge in [0.1, 0.15) is 5.66 Å². The molecule has 1 heterocycles. The molecule has 5 nitrogen and oxygen atoms in total. The maximum atomic E-state index is 13.3. The Hall–Kier alpha value is -2.04. The molecular formula is C24H33N3O2. The second kappa shape index (κ2) is 7.03.